The number of ether oxygens (including phenoxy) is 1. The first-order chi connectivity index (χ1) is 15.5. The molecule has 1 aliphatic heterocycles. The minimum absolute atomic E-state index is 0.118. The summed E-state index contributed by atoms with van der Waals surface area (Å²) in [6, 6.07) is 10.1. The summed E-state index contributed by atoms with van der Waals surface area (Å²) in [5, 5.41) is 2.72. The van der Waals surface area contributed by atoms with Crippen LogP contribution in [0.5, 0.6) is 0 Å². The number of rotatable bonds is 5. The average Bonchev–Trinajstić information content (AvgIpc) is 3.27. The molecule has 0 radical (unpaired) electrons. The number of hydrogen-bond acceptors (Lipinski definition) is 4. The average molecular weight is 440 g/mol. The quantitative estimate of drug-likeness (QED) is 0.597. The normalized spacial score (nSPS) is 16.2. The van der Waals surface area contributed by atoms with E-state index in [0.29, 0.717) is 12.1 Å². The first-order valence-corrected chi connectivity index (χ1v) is 10.1. The number of carbonyl (C=O) groups is 2. The number of carbonyl (C=O) groups excluding carboxylic acids is 2. The molecule has 2 aromatic carbocycles. The monoisotopic (exact) mass is 440 g/mol. The number of imidazole rings is 1. The molecule has 0 aliphatic carbocycles. The topological polar surface area (TPSA) is 87.3 Å². The van der Waals surface area contributed by atoms with E-state index < -0.39 is 35.7 Å². The number of aromatic nitrogens is 2. The minimum atomic E-state index is -0.936. The van der Waals surface area contributed by atoms with Gasteiger partial charge in [-0.05, 0) is 11.6 Å². The molecule has 9 heteroatoms. The highest BCUT2D eigenvalue weighted by atomic mass is 19.1. The molecular weight excluding hydrogens is 418 g/mol. The second-order valence-corrected chi connectivity index (χ2v) is 7.49. The molecule has 7 nitrogen and oxygen atoms in total. The fourth-order valence-electron chi connectivity index (χ4n) is 3.95. The van der Waals surface area contributed by atoms with E-state index in [1.54, 1.807) is 0 Å². The van der Waals surface area contributed by atoms with Crippen LogP contribution in [0.25, 0.3) is 0 Å². The van der Waals surface area contributed by atoms with Crippen LogP contribution in [0, 0.1) is 11.6 Å². The zero-order chi connectivity index (χ0) is 22.7. The third kappa shape index (κ3) is 4.32. The van der Waals surface area contributed by atoms with Crippen LogP contribution >= 0.6 is 0 Å². The lowest BCUT2D eigenvalue weighted by atomic mass is 9.95. The molecule has 0 bridgehead atoms. The minimum Gasteiger partial charge on any atom is -0.467 e. The lowest BCUT2D eigenvalue weighted by Crippen LogP contribution is -2.52. The molecule has 2 heterocycles. The summed E-state index contributed by atoms with van der Waals surface area (Å²) < 4.78 is 33.1. The Morgan fingerprint density at radius 1 is 1.25 bits per heavy atom. The number of urea groups is 1. The van der Waals surface area contributed by atoms with Crippen molar-refractivity contribution in [2.24, 2.45) is 0 Å². The molecule has 1 aliphatic rings. The maximum atomic E-state index is 14.7. The van der Waals surface area contributed by atoms with Crippen molar-refractivity contribution in [3.63, 3.8) is 0 Å². The second kappa shape index (κ2) is 9.17. The summed E-state index contributed by atoms with van der Waals surface area (Å²) in [5.41, 5.74) is 2.22. The number of methoxy groups -OCH3 is 1. The molecule has 166 valence electrons. The third-order valence-corrected chi connectivity index (χ3v) is 5.51. The maximum absolute atomic E-state index is 14.7. The number of halogens is 2. The van der Waals surface area contributed by atoms with Crippen molar-refractivity contribution in [2.75, 3.05) is 13.7 Å². The Kier molecular flexibility index (Phi) is 6.16. The van der Waals surface area contributed by atoms with Gasteiger partial charge in [0.1, 0.15) is 23.7 Å². The van der Waals surface area contributed by atoms with Gasteiger partial charge in [-0.2, -0.15) is 0 Å². The number of hydrogen-bond donors (Lipinski definition) is 2. The summed E-state index contributed by atoms with van der Waals surface area (Å²) >= 11 is 0. The van der Waals surface area contributed by atoms with Crippen LogP contribution in [0.3, 0.4) is 0 Å². The van der Waals surface area contributed by atoms with Crippen LogP contribution in [0.15, 0.2) is 54.9 Å². The Morgan fingerprint density at radius 3 is 2.75 bits per heavy atom. The van der Waals surface area contributed by atoms with Gasteiger partial charge in [0.15, 0.2) is 0 Å². The molecule has 0 saturated carbocycles. The first kappa shape index (κ1) is 21.5. The number of aromatic amines is 1. The SMILES string of the molecule is COC(=O)[C@H](Cc1ccccc1)NC(=O)N1CCc2[nH]cnc2C1c1ccc(F)cc1F. The van der Waals surface area contributed by atoms with E-state index in [0.717, 1.165) is 23.4 Å². The lowest BCUT2D eigenvalue weighted by Gasteiger charge is -2.36. The Hall–Kier alpha value is -3.75. The lowest BCUT2D eigenvalue weighted by molar-refractivity contribution is -0.142. The van der Waals surface area contributed by atoms with Gasteiger partial charge in [-0.3, -0.25) is 0 Å². The standard InChI is InChI=1S/C23H22F2N4O3/c1-32-22(30)19(11-14-5-3-2-4-6-14)28-23(31)29-10-9-18-20(27-13-26-18)21(29)16-8-7-15(24)12-17(16)25/h2-8,12-13,19,21H,9-11H2,1H3,(H,26,27)(H,28,31)/t19-,21?/m0/s1. The van der Waals surface area contributed by atoms with Crippen molar-refractivity contribution in [2.45, 2.75) is 24.9 Å². The van der Waals surface area contributed by atoms with Gasteiger partial charge in [0, 0.05) is 36.7 Å². The van der Waals surface area contributed by atoms with Crippen molar-refractivity contribution < 1.29 is 23.1 Å². The molecule has 2 amide bonds. The van der Waals surface area contributed by atoms with Gasteiger partial charge in [-0.15, -0.1) is 0 Å². The Balaban J connectivity index is 1.63. The number of fused-ring (bicyclic) bond motifs is 1. The Labute approximate surface area is 183 Å². The number of nitrogens with zero attached hydrogens (tertiary/aromatic N) is 2. The number of H-pyrrole nitrogens is 1. The first-order valence-electron chi connectivity index (χ1n) is 10.1. The van der Waals surface area contributed by atoms with Crippen molar-refractivity contribution in [3.05, 3.63) is 89.0 Å². The van der Waals surface area contributed by atoms with E-state index >= 15 is 0 Å². The van der Waals surface area contributed by atoms with Gasteiger partial charge in [0.2, 0.25) is 0 Å². The van der Waals surface area contributed by atoms with E-state index in [4.69, 9.17) is 4.74 Å². The highest BCUT2D eigenvalue weighted by molar-refractivity contribution is 5.84. The van der Waals surface area contributed by atoms with Crippen LogP contribution in [0.4, 0.5) is 13.6 Å². The molecule has 2 atom stereocenters. The smallest absolute Gasteiger partial charge is 0.328 e. The largest absolute Gasteiger partial charge is 0.467 e. The van der Waals surface area contributed by atoms with Crippen LogP contribution in [-0.2, 0) is 22.4 Å². The van der Waals surface area contributed by atoms with E-state index in [9.17, 15) is 18.4 Å². The predicted molar refractivity (Wildman–Crippen MR) is 112 cm³/mol. The van der Waals surface area contributed by atoms with Gasteiger partial charge < -0.3 is 19.9 Å². The Morgan fingerprint density at radius 2 is 2.03 bits per heavy atom. The predicted octanol–water partition coefficient (Wildman–Crippen LogP) is 3.13. The van der Waals surface area contributed by atoms with Gasteiger partial charge in [-0.25, -0.2) is 23.4 Å². The summed E-state index contributed by atoms with van der Waals surface area (Å²) in [5.74, 6) is -2.09. The zero-order valence-corrected chi connectivity index (χ0v) is 17.3. The van der Waals surface area contributed by atoms with Gasteiger partial charge >= 0.3 is 12.0 Å². The fourth-order valence-corrected chi connectivity index (χ4v) is 3.95. The molecule has 1 aromatic heterocycles. The molecule has 0 fully saturated rings. The molecule has 0 saturated heterocycles. The van der Waals surface area contributed by atoms with Crippen molar-refractivity contribution in [3.8, 4) is 0 Å². The Bertz CT molecular complexity index is 1120. The van der Waals surface area contributed by atoms with Crippen LogP contribution in [0.1, 0.15) is 28.6 Å². The number of benzene rings is 2. The van der Waals surface area contributed by atoms with Crippen molar-refractivity contribution in [1.29, 1.82) is 0 Å². The summed E-state index contributed by atoms with van der Waals surface area (Å²) in [7, 11) is 1.25. The highest BCUT2D eigenvalue weighted by Crippen LogP contribution is 2.35. The van der Waals surface area contributed by atoms with Gasteiger partial charge in [-0.1, -0.05) is 36.4 Å². The van der Waals surface area contributed by atoms with E-state index in [1.807, 2.05) is 30.3 Å². The number of nitrogens with one attached hydrogen (secondary N) is 2. The fraction of sp³-hybridized carbons (Fsp3) is 0.261. The molecule has 32 heavy (non-hydrogen) atoms. The molecular formula is C23H22F2N4O3. The van der Waals surface area contributed by atoms with Crippen LogP contribution in [-0.4, -0.2) is 46.6 Å². The summed E-state index contributed by atoms with van der Waals surface area (Å²) in [4.78, 5) is 34.3. The molecule has 4 rings (SSSR count). The van der Waals surface area contributed by atoms with E-state index in [2.05, 4.69) is 15.3 Å². The summed E-state index contributed by atoms with van der Waals surface area (Å²) in [6.45, 7) is 0.252. The summed E-state index contributed by atoms with van der Waals surface area (Å²) in [6.07, 6.45) is 2.19. The molecule has 1 unspecified atom stereocenters. The number of esters is 1. The number of amides is 2. The van der Waals surface area contributed by atoms with Crippen molar-refractivity contribution >= 4 is 12.0 Å². The molecule has 0 spiro atoms. The van der Waals surface area contributed by atoms with Gasteiger partial charge in [0.05, 0.1) is 19.1 Å². The van der Waals surface area contributed by atoms with Crippen molar-refractivity contribution in [1.82, 2.24) is 20.2 Å². The second-order valence-electron chi connectivity index (χ2n) is 7.49. The van der Waals surface area contributed by atoms with Crippen LogP contribution in [0.2, 0.25) is 0 Å². The third-order valence-electron chi connectivity index (χ3n) is 5.51. The van der Waals surface area contributed by atoms with E-state index in [-0.39, 0.29) is 18.5 Å². The van der Waals surface area contributed by atoms with Crippen LogP contribution < -0.4 is 5.32 Å². The molecule has 3 aromatic rings. The zero-order valence-electron chi connectivity index (χ0n) is 17.3. The van der Waals surface area contributed by atoms with E-state index in [1.165, 1.54) is 24.4 Å². The molecule has 2 N–H and O–H groups in total. The van der Waals surface area contributed by atoms with Gasteiger partial charge in [0.25, 0.3) is 0 Å². The highest BCUT2D eigenvalue weighted by Gasteiger charge is 2.37. The maximum Gasteiger partial charge on any atom is 0.328 e.